The van der Waals surface area contributed by atoms with Crippen molar-refractivity contribution in [2.45, 2.75) is 20.3 Å². The fraction of sp³-hybridized carbons (Fsp3) is 0.417. The predicted octanol–water partition coefficient (Wildman–Crippen LogP) is 3.04. The van der Waals surface area contributed by atoms with E-state index in [4.69, 9.17) is 11.5 Å². The van der Waals surface area contributed by atoms with Crippen LogP contribution < -0.4 is 11.5 Å². The van der Waals surface area contributed by atoms with Gasteiger partial charge in [0.2, 0.25) is 0 Å². The van der Waals surface area contributed by atoms with Crippen LogP contribution >= 0.6 is 36.6 Å². The third-order valence-electron chi connectivity index (χ3n) is 2.22. The lowest BCUT2D eigenvalue weighted by molar-refractivity contribution is 0.966. The molecule has 0 aliphatic heterocycles. The van der Waals surface area contributed by atoms with E-state index in [1.165, 1.54) is 5.56 Å². The average Bonchev–Trinajstić information content (AvgIpc) is 2.23. The number of benzene rings is 1. The minimum Gasteiger partial charge on any atom is -0.378 e. The second-order valence-corrected chi connectivity index (χ2v) is 4.83. The first kappa shape index (κ1) is 19.9. The van der Waals surface area contributed by atoms with Gasteiger partial charge in [-0.05, 0) is 42.8 Å². The van der Waals surface area contributed by atoms with Crippen LogP contribution in [0.25, 0.3) is 0 Å². The van der Waals surface area contributed by atoms with E-state index >= 15 is 0 Å². The average molecular weight is 310 g/mol. The van der Waals surface area contributed by atoms with Crippen LogP contribution in [0.15, 0.2) is 23.2 Å². The summed E-state index contributed by atoms with van der Waals surface area (Å²) in [7, 11) is 0. The Morgan fingerprint density at radius 2 is 2.00 bits per heavy atom. The fourth-order valence-electron chi connectivity index (χ4n) is 1.46. The first-order valence-electron chi connectivity index (χ1n) is 5.44. The molecule has 0 spiro atoms. The molecular weight excluding hydrogens is 289 g/mol. The van der Waals surface area contributed by atoms with Gasteiger partial charge in [-0.1, -0.05) is 30.8 Å². The van der Waals surface area contributed by atoms with Gasteiger partial charge >= 0.3 is 0 Å². The molecule has 0 fully saturated rings. The van der Waals surface area contributed by atoms with Gasteiger partial charge in [-0.25, -0.2) is 4.99 Å². The molecule has 1 aromatic carbocycles. The van der Waals surface area contributed by atoms with E-state index in [0.717, 1.165) is 23.4 Å². The molecule has 0 atom stereocenters. The zero-order valence-corrected chi connectivity index (χ0v) is 13.1. The van der Waals surface area contributed by atoms with Gasteiger partial charge in [-0.15, -0.1) is 24.8 Å². The van der Waals surface area contributed by atoms with Gasteiger partial charge in [0.05, 0.1) is 5.69 Å². The van der Waals surface area contributed by atoms with Crippen molar-refractivity contribution in [2.75, 3.05) is 12.3 Å². The Hall–Kier alpha value is -0.420. The van der Waals surface area contributed by atoms with Crippen LogP contribution in [0.1, 0.15) is 18.1 Å². The second-order valence-electron chi connectivity index (χ2n) is 3.54. The summed E-state index contributed by atoms with van der Waals surface area (Å²) in [6.45, 7) is 4.78. The highest BCUT2D eigenvalue weighted by molar-refractivity contribution is 8.13. The summed E-state index contributed by atoms with van der Waals surface area (Å²) in [5, 5.41) is 0.622. The maximum absolute atomic E-state index is 5.77. The molecule has 0 radical (unpaired) electrons. The van der Waals surface area contributed by atoms with E-state index in [1.54, 1.807) is 11.8 Å². The number of hydrogen-bond acceptors (Lipinski definition) is 3. The summed E-state index contributed by atoms with van der Waals surface area (Å²) in [4.78, 5) is 4.38. The molecule has 4 N–H and O–H groups in total. The number of thioether (sulfide) groups is 1. The van der Waals surface area contributed by atoms with Crippen LogP contribution in [0.2, 0.25) is 0 Å². The second kappa shape index (κ2) is 10.5. The molecule has 3 nitrogen and oxygen atoms in total. The number of rotatable bonds is 4. The van der Waals surface area contributed by atoms with Gasteiger partial charge in [0, 0.05) is 0 Å². The maximum atomic E-state index is 5.77. The lowest BCUT2D eigenvalue weighted by Crippen LogP contribution is -2.06. The normalized spacial score (nSPS) is 10.5. The molecule has 6 heteroatoms. The summed E-state index contributed by atoms with van der Waals surface area (Å²) in [6, 6.07) is 6.18. The first-order valence-corrected chi connectivity index (χ1v) is 6.42. The number of amidine groups is 1. The van der Waals surface area contributed by atoms with Crippen LogP contribution in [0.4, 0.5) is 5.69 Å². The minimum atomic E-state index is 0. The monoisotopic (exact) mass is 309 g/mol. The van der Waals surface area contributed by atoms with Crippen LogP contribution in [0.3, 0.4) is 0 Å². The van der Waals surface area contributed by atoms with Gasteiger partial charge in [0.15, 0.2) is 5.17 Å². The zero-order valence-electron chi connectivity index (χ0n) is 10.7. The highest BCUT2D eigenvalue weighted by atomic mass is 35.5. The third kappa shape index (κ3) is 6.50. The highest BCUT2D eigenvalue weighted by Gasteiger charge is 2.00. The Balaban J connectivity index is 0. The lowest BCUT2D eigenvalue weighted by atomic mass is 10.1. The minimum absolute atomic E-state index is 0. The summed E-state index contributed by atoms with van der Waals surface area (Å²) in [6.07, 6.45) is 0.907. The molecule has 1 aromatic rings. The molecule has 1 rings (SSSR count). The molecule has 0 aromatic heterocycles. The van der Waals surface area contributed by atoms with E-state index < -0.39 is 0 Å². The van der Waals surface area contributed by atoms with Crippen molar-refractivity contribution >= 4 is 47.4 Å². The number of nitrogens with two attached hydrogens (primary N) is 2. The molecule has 104 valence electrons. The molecule has 0 bridgehead atoms. The van der Waals surface area contributed by atoms with Crippen LogP contribution in [-0.2, 0) is 6.42 Å². The molecule has 0 unspecified atom stereocenters. The maximum Gasteiger partial charge on any atom is 0.159 e. The Morgan fingerprint density at radius 3 is 2.50 bits per heavy atom. The fourth-order valence-corrected chi connectivity index (χ4v) is 1.92. The van der Waals surface area contributed by atoms with Crippen LogP contribution in [0, 0.1) is 6.92 Å². The van der Waals surface area contributed by atoms with Crippen LogP contribution in [0.5, 0.6) is 0 Å². The van der Waals surface area contributed by atoms with Crippen LogP contribution in [-0.4, -0.2) is 17.5 Å². The summed E-state index contributed by atoms with van der Waals surface area (Å²) >= 11 is 1.56. The molecule has 0 saturated heterocycles. The van der Waals surface area contributed by atoms with Gasteiger partial charge < -0.3 is 11.5 Å². The van der Waals surface area contributed by atoms with E-state index in [1.807, 2.05) is 13.0 Å². The van der Waals surface area contributed by atoms with Gasteiger partial charge in [-0.2, -0.15) is 0 Å². The van der Waals surface area contributed by atoms with Crippen molar-refractivity contribution in [3.05, 3.63) is 29.3 Å². The topological polar surface area (TPSA) is 64.4 Å². The number of aryl methyl sites for hydroxylation is 1. The van der Waals surface area contributed by atoms with Crippen molar-refractivity contribution in [3.63, 3.8) is 0 Å². The smallest absolute Gasteiger partial charge is 0.159 e. The quantitative estimate of drug-likeness (QED) is 0.663. The SMILES string of the molecule is CCSC(N)=Nc1ccc(CCN)cc1C.Cl.Cl. The van der Waals surface area contributed by atoms with Crippen molar-refractivity contribution in [1.29, 1.82) is 0 Å². The van der Waals surface area contributed by atoms with Crippen molar-refractivity contribution in [2.24, 2.45) is 16.5 Å². The standard InChI is InChI=1S/C12H19N3S.2ClH/c1-3-16-12(14)15-11-5-4-10(6-7-13)8-9(11)2;;/h4-5,8H,3,6-7,13H2,1-2H3,(H2,14,15);2*1H. The third-order valence-corrected chi connectivity index (χ3v) is 2.89. The van der Waals surface area contributed by atoms with E-state index in [-0.39, 0.29) is 24.8 Å². The first-order chi connectivity index (χ1) is 7.67. The molecular formula is C12H21Cl2N3S. The molecule has 0 amide bonds. The molecule has 0 aliphatic carbocycles. The molecule has 0 heterocycles. The van der Waals surface area contributed by atoms with Crippen molar-refractivity contribution in [3.8, 4) is 0 Å². The lowest BCUT2D eigenvalue weighted by Gasteiger charge is -2.05. The largest absolute Gasteiger partial charge is 0.378 e. The molecule has 18 heavy (non-hydrogen) atoms. The number of aliphatic imine (C=N–C) groups is 1. The Bertz CT molecular complexity index is 384. The van der Waals surface area contributed by atoms with Gasteiger partial charge in [-0.3, -0.25) is 0 Å². The summed E-state index contributed by atoms with van der Waals surface area (Å²) in [5.74, 6) is 0.944. The summed E-state index contributed by atoms with van der Waals surface area (Å²) < 4.78 is 0. The van der Waals surface area contributed by atoms with E-state index in [9.17, 15) is 0 Å². The van der Waals surface area contributed by atoms with E-state index in [2.05, 4.69) is 24.0 Å². The molecule has 0 saturated carbocycles. The Kier molecular flexibility index (Phi) is 11.6. The van der Waals surface area contributed by atoms with Gasteiger partial charge in [0.25, 0.3) is 0 Å². The zero-order chi connectivity index (χ0) is 12.0. The van der Waals surface area contributed by atoms with Crippen molar-refractivity contribution < 1.29 is 0 Å². The number of hydrogen-bond donors (Lipinski definition) is 2. The van der Waals surface area contributed by atoms with E-state index in [0.29, 0.717) is 11.7 Å². The highest BCUT2D eigenvalue weighted by Crippen LogP contribution is 2.21. The summed E-state index contributed by atoms with van der Waals surface area (Å²) in [5.41, 5.74) is 14.6. The van der Waals surface area contributed by atoms with Crippen molar-refractivity contribution in [1.82, 2.24) is 0 Å². The number of halogens is 2. The Labute approximate surface area is 126 Å². The van der Waals surface area contributed by atoms with Gasteiger partial charge in [0.1, 0.15) is 0 Å². The predicted molar refractivity (Wildman–Crippen MR) is 87.8 cm³/mol. The molecule has 0 aliphatic rings. The number of nitrogens with zero attached hydrogens (tertiary/aromatic N) is 1. The Morgan fingerprint density at radius 1 is 1.33 bits per heavy atom.